The lowest BCUT2D eigenvalue weighted by Gasteiger charge is -2.14. The van der Waals surface area contributed by atoms with E-state index >= 15 is 0 Å². The zero-order valence-corrected chi connectivity index (χ0v) is 15.2. The molecule has 134 valence electrons. The lowest BCUT2D eigenvalue weighted by atomic mass is 10.2. The molecule has 0 saturated heterocycles. The zero-order valence-electron chi connectivity index (χ0n) is 14.4. The van der Waals surface area contributed by atoms with Crippen LogP contribution in [0.25, 0.3) is 10.2 Å². The van der Waals surface area contributed by atoms with E-state index < -0.39 is 0 Å². The van der Waals surface area contributed by atoms with Crippen LogP contribution >= 0.6 is 11.3 Å². The van der Waals surface area contributed by atoms with Crippen molar-refractivity contribution in [1.29, 1.82) is 0 Å². The van der Waals surface area contributed by atoms with Crippen LogP contribution in [0.3, 0.4) is 0 Å². The second-order valence-electron chi connectivity index (χ2n) is 6.21. The van der Waals surface area contributed by atoms with Crippen LogP contribution in [0.2, 0.25) is 0 Å². The number of amides is 1. The fourth-order valence-electron chi connectivity index (χ4n) is 2.83. The largest absolute Gasteiger partial charge is 0.454 e. The number of thiazole rings is 1. The maximum absolute atomic E-state index is 12.2. The van der Waals surface area contributed by atoms with Crippen molar-refractivity contribution in [2.75, 3.05) is 20.4 Å². The number of hydrogen-bond acceptors (Lipinski definition) is 6. The summed E-state index contributed by atoms with van der Waals surface area (Å²) in [5.41, 5.74) is 1.99. The van der Waals surface area contributed by atoms with Gasteiger partial charge in [-0.3, -0.25) is 9.69 Å². The molecule has 6 nitrogen and oxygen atoms in total. The van der Waals surface area contributed by atoms with Crippen LogP contribution in [-0.2, 0) is 17.9 Å². The lowest BCUT2D eigenvalue weighted by Crippen LogP contribution is -2.34. The summed E-state index contributed by atoms with van der Waals surface area (Å²) >= 11 is 1.66. The summed E-state index contributed by atoms with van der Waals surface area (Å²) < 4.78 is 11.8. The van der Waals surface area contributed by atoms with E-state index in [2.05, 4.69) is 16.4 Å². The molecule has 0 radical (unpaired) electrons. The molecule has 4 rings (SSSR count). The topological polar surface area (TPSA) is 63.7 Å². The van der Waals surface area contributed by atoms with E-state index in [1.165, 1.54) is 4.70 Å². The third-order valence-electron chi connectivity index (χ3n) is 4.08. The van der Waals surface area contributed by atoms with Gasteiger partial charge in [0.2, 0.25) is 12.7 Å². The Hall–Kier alpha value is -2.64. The second kappa shape index (κ2) is 7.31. The van der Waals surface area contributed by atoms with Crippen molar-refractivity contribution in [3.63, 3.8) is 0 Å². The number of carbonyl (C=O) groups excluding carboxylic acids is 1. The Balaban J connectivity index is 1.28. The molecule has 7 heteroatoms. The van der Waals surface area contributed by atoms with Crippen LogP contribution in [0.5, 0.6) is 11.5 Å². The average molecular weight is 369 g/mol. The van der Waals surface area contributed by atoms with Crippen LogP contribution in [0.4, 0.5) is 0 Å². The van der Waals surface area contributed by atoms with Crippen molar-refractivity contribution in [1.82, 2.24) is 15.2 Å². The van der Waals surface area contributed by atoms with Gasteiger partial charge in [0.25, 0.3) is 0 Å². The number of benzene rings is 2. The van der Waals surface area contributed by atoms with Crippen molar-refractivity contribution in [3.8, 4) is 11.5 Å². The van der Waals surface area contributed by atoms with Crippen LogP contribution in [0, 0.1) is 0 Å². The number of hydrogen-bond donors (Lipinski definition) is 1. The molecule has 0 fully saturated rings. The Kier molecular flexibility index (Phi) is 4.73. The Labute approximate surface area is 155 Å². The summed E-state index contributed by atoms with van der Waals surface area (Å²) in [6, 6.07) is 13.8. The van der Waals surface area contributed by atoms with E-state index in [0.717, 1.165) is 27.6 Å². The Morgan fingerprint density at radius 1 is 1.23 bits per heavy atom. The minimum atomic E-state index is -0.0220. The van der Waals surface area contributed by atoms with Gasteiger partial charge in [0.1, 0.15) is 5.01 Å². The van der Waals surface area contributed by atoms with Crippen molar-refractivity contribution in [2.45, 2.75) is 13.1 Å². The van der Waals surface area contributed by atoms with Gasteiger partial charge in [0, 0.05) is 6.54 Å². The van der Waals surface area contributed by atoms with Crippen LogP contribution < -0.4 is 14.8 Å². The van der Waals surface area contributed by atoms with Gasteiger partial charge in [-0.15, -0.1) is 11.3 Å². The Morgan fingerprint density at radius 3 is 2.96 bits per heavy atom. The number of nitrogens with one attached hydrogen (secondary N) is 1. The quantitative estimate of drug-likeness (QED) is 0.724. The molecule has 0 aliphatic carbocycles. The average Bonchev–Trinajstić information content (AvgIpc) is 3.25. The van der Waals surface area contributed by atoms with Gasteiger partial charge in [0.05, 0.1) is 23.3 Å². The first-order chi connectivity index (χ1) is 12.7. The molecule has 0 saturated carbocycles. The molecule has 26 heavy (non-hydrogen) atoms. The van der Waals surface area contributed by atoms with Gasteiger partial charge in [-0.1, -0.05) is 18.2 Å². The van der Waals surface area contributed by atoms with Crippen LogP contribution in [0.15, 0.2) is 42.5 Å². The van der Waals surface area contributed by atoms with Gasteiger partial charge in [-0.05, 0) is 36.9 Å². The highest BCUT2D eigenvalue weighted by Crippen LogP contribution is 2.32. The molecule has 2 heterocycles. The molecule has 0 bridgehead atoms. The maximum Gasteiger partial charge on any atom is 0.234 e. The number of likely N-dealkylation sites (N-methyl/N-ethyl adjacent to an activating group) is 1. The minimum Gasteiger partial charge on any atom is -0.454 e. The highest BCUT2D eigenvalue weighted by molar-refractivity contribution is 7.18. The normalized spacial score (nSPS) is 12.7. The SMILES string of the molecule is CN(CC(=O)NCc1ccc2c(c1)OCO2)Cc1nc2ccccc2s1. The lowest BCUT2D eigenvalue weighted by molar-refractivity contribution is -0.122. The summed E-state index contributed by atoms with van der Waals surface area (Å²) in [5, 5.41) is 3.95. The number of rotatable bonds is 6. The van der Waals surface area contributed by atoms with Crippen LogP contribution in [0.1, 0.15) is 10.6 Å². The summed E-state index contributed by atoms with van der Waals surface area (Å²) in [6.07, 6.45) is 0. The zero-order chi connectivity index (χ0) is 17.9. The second-order valence-corrected chi connectivity index (χ2v) is 7.33. The summed E-state index contributed by atoms with van der Waals surface area (Å²) in [7, 11) is 1.92. The number of nitrogens with zero attached hydrogens (tertiary/aromatic N) is 2. The molecule has 2 aromatic carbocycles. The van der Waals surface area contributed by atoms with Gasteiger partial charge in [0.15, 0.2) is 11.5 Å². The monoisotopic (exact) mass is 369 g/mol. The molecular formula is C19H19N3O3S. The predicted molar refractivity (Wildman–Crippen MR) is 100 cm³/mol. The number of fused-ring (bicyclic) bond motifs is 2. The molecule has 1 aliphatic rings. The fraction of sp³-hybridized carbons (Fsp3) is 0.263. The summed E-state index contributed by atoms with van der Waals surface area (Å²) in [5.74, 6) is 1.45. The fourth-order valence-corrected chi connectivity index (χ4v) is 3.87. The van der Waals surface area contributed by atoms with Gasteiger partial charge >= 0.3 is 0 Å². The maximum atomic E-state index is 12.2. The van der Waals surface area contributed by atoms with Crippen molar-refractivity contribution >= 4 is 27.5 Å². The van der Waals surface area contributed by atoms with Gasteiger partial charge < -0.3 is 14.8 Å². The number of aromatic nitrogens is 1. The van der Waals surface area contributed by atoms with E-state index in [0.29, 0.717) is 19.6 Å². The van der Waals surface area contributed by atoms with E-state index in [1.807, 2.05) is 48.3 Å². The summed E-state index contributed by atoms with van der Waals surface area (Å²) in [6.45, 7) is 1.68. The highest BCUT2D eigenvalue weighted by Gasteiger charge is 2.14. The molecular weight excluding hydrogens is 350 g/mol. The van der Waals surface area contributed by atoms with E-state index in [9.17, 15) is 4.79 Å². The van der Waals surface area contributed by atoms with Crippen molar-refractivity contribution in [3.05, 3.63) is 53.0 Å². The standard InChI is InChI=1S/C19H19N3O3S/c1-22(11-19-21-14-4-2-3-5-17(14)26-19)10-18(23)20-9-13-6-7-15-16(8-13)25-12-24-15/h2-8H,9-12H2,1H3,(H,20,23). The molecule has 0 unspecified atom stereocenters. The molecule has 0 atom stereocenters. The van der Waals surface area contributed by atoms with E-state index in [-0.39, 0.29) is 12.7 Å². The van der Waals surface area contributed by atoms with Gasteiger partial charge in [-0.25, -0.2) is 4.98 Å². The first kappa shape index (κ1) is 16.8. The third-order valence-corrected chi connectivity index (χ3v) is 5.10. The molecule has 3 aromatic rings. The van der Waals surface area contributed by atoms with Crippen LogP contribution in [-0.4, -0.2) is 36.2 Å². The third kappa shape index (κ3) is 3.79. The van der Waals surface area contributed by atoms with Crippen molar-refractivity contribution in [2.24, 2.45) is 0 Å². The molecule has 1 N–H and O–H groups in total. The minimum absolute atomic E-state index is 0.0220. The van der Waals surface area contributed by atoms with E-state index in [4.69, 9.17) is 9.47 Å². The molecule has 1 aromatic heterocycles. The number of carbonyl (C=O) groups is 1. The number of ether oxygens (including phenoxy) is 2. The number of para-hydroxylation sites is 1. The van der Waals surface area contributed by atoms with Gasteiger partial charge in [-0.2, -0.15) is 0 Å². The first-order valence-corrected chi connectivity index (χ1v) is 9.17. The Morgan fingerprint density at radius 2 is 2.08 bits per heavy atom. The predicted octanol–water partition coefficient (Wildman–Crippen LogP) is 2.77. The summed E-state index contributed by atoms with van der Waals surface area (Å²) in [4.78, 5) is 18.8. The highest BCUT2D eigenvalue weighted by atomic mass is 32.1. The molecule has 0 spiro atoms. The first-order valence-electron chi connectivity index (χ1n) is 8.35. The smallest absolute Gasteiger partial charge is 0.234 e. The molecule has 1 amide bonds. The molecule has 1 aliphatic heterocycles. The Bertz CT molecular complexity index is 908. The van der Waals surface area contributed by atoms with E-state index in [1.54, 1.807) is 11.3 Å². The van der Waals surface area contributed by atoms with Crippen molar-refractivity contribution < 1.29 is 14.3 Å².